The normalized spacial score (nSPS) is 14.8. The van der Waals surface area contributed by atoms with E-state index in [1.54, 1.807) is 22.6 Å². The summed E-state index contributed by atoms with van der Waals surface area (Å²) in [6.07, 6.45) is 1.79. The number of rotatable bonds is 5. The fraction of sp³-hybridized carbons (Fsp3) is 0.455. The fourth-order valence-corrected chi connectivity index (χ4v) is 2.66. The Morgan fingerprint density at radius 1 is 1.55 bits per heavy atom. The van der Waals surface area contributed by atoms with Gasteiger partial charge < -0.3 is 9.67 Å². The Balaban J connectivity index is 3.11. The Bertz CT molecular complexity index is 699. The molecule has 0 bridgehead atoms. The molecule has 0 aliphatic carbocycles. The lowest BCUT2D eigenvalue weighted by Gasteiger charge is -2.22. The van der Waals surface area contributed by atoms with Crippen LogP contribution in [0.15, 0.2) is 17.1 Å². The van der Waals surface area contributed by atoms with Gasteiger partial charge in [0.05, 0.1) is 3.57 Å². The minimum atomic E-state index is -3.88. The molecule has 0 aromatic carbocycles. The van der Waals surface area contributed by atoms with Crippen molar-refractivity contribution < 1.29 is 22.7 Å². The zero-order chi connectivity index (χ0) is 15.7. The van der Waals surface area contributed by atoms with Crippen LogP contribution in [0.4, 0.5) is 4.39 Å². The van der Waals surface area contributed by atoms with E-state index >= 15 is 0 Å². The number of hydrogen-bond acceptors (Lipinski definition) is 4. The van der Waals surface area contributed by atoms with Crippen LogP contribution in [0.25, 0.3) is 0 Å². The summed E-state index contributed by atoms with van der Waals surface area (Å²) in [6.45, 7) is 0.862. The molecule has 0 amide bonds. The Labute approximate surface area is 128 Å². The van der Waals surface area contributed by atoms with E-state index in [2.05, 4.69) is 0 Å². The van der Waals surface area contributed by atoms with E-state index in [4.69, 9.17) is 5.11 Å². The molecule has 0 aliphatic heterocycles. The summed E-state index contributed by atoms with van der Waals surface area (Å²) < 4.78 is 35.7. The lowest BCUT2D eigenvalue weighted by molar-refractivity contribution is -0.139. The third kappa shape index (κ3) is 3.19. The highest BCUT2D eigenvalue weighted by Crippen LogP contribution is 2.22. The van der Waals surface area contributed by atoms with Gasteiger partial charge in [-0.25, -0.2) is 8.42 Å². The summed E-state index contributed by atoms with van der Waals surface area (Å²) in [5.41, 5.74) is -0.905. The number of carboxylic acid groups (broad SMARTS) is 1. The van der Waals surface area contributed by atoms with Crippen LogP contribution < -0.4 is 5.56 Å². The molecule has 6 nitrogen and oxygen atoms in total. The van der Waals surface area contributed by atoms with E-state index in [0.717, 1.165) is 17.7 Å². The van der Waals surface area contributed by atoms with Gasteiger partial charge in [0.1, 0.15) is 0 Å². The number of aryl methyl sites for hydroxylation is 1. The molecule has 9 heteroatoms. The summed E-state index contributed by atoms with van der Waals surface area (Å²) >= 11 is 1.66. The molecule has 1 rings (SSSR count). The number of pyridine rings is 1. The molecule has 0 fully saturated rings. The number of halogens is 2. The monoisotopic (exact) mass is 417 g/mol. The van der Waals surface area contributed by atoms with Crippen LogP contribution in [0, 0.1) is 9.39 Å². The van der Waals surface area contributed by atoms with Gasteiger partial charge in [0.15, 0.2) is 14.6 Å². The molecule has 112 valence electrons. The van der Waals surface area contributed by atoms with Gasteiger partial charge in [0.25, 0.3) is 5.56 Å². The van der Waals surface area contributed by atoms with Gasteiger partial charge in [-0.2, -0.15) is 4.39 Å². The van der Waals surface area contributed by atoms with Crippen LogP contribution in [-0.2, 0) is 21.2 Å². The molecular formula is C11H13FINO5S. The average Bonchev–Trinajstić information content (AvgIpc) is 2.33. The fourth-order valence-electron chi connectivity index (χ4n) is 1.49. The molecule has 1 atom stereocenters. The predicted octanol–water partition coefficient (Wildman–Crippen LogP) is 0.870. The molecule has 0 saturated carbocycles. The molecule has 0 aliphatic rings. The second-order valence-electron chi connectivity index (χ2n) is 4.53. The highest BCUT2D eigenvalue weighted by atomic mass is 127. The van der Waals surface area contributed by atoms with E-state index in [1.807, 2.05) is 0 Å². The van der Waals surface area contributed by atoms with Gasteiger partial charge in [-0.1, -0.05) is 0 Å². The van der Waals surface area contributed by atoms with Crippen molar-refractivity contribution in [2.24, 2.45) is 0 Å². The smallest absolute Gasteiger partial charge is 0.324 e. The van der Waals surface area contributed by atoms with Crippen molar-refractivity contribution in [3.05, 3.63) is 32.0 Å². The summed E-state index contributed by atoms with van der Waals surface area (Å²) in [6, 6.07) is 1.36. The summed E-state index contributed by atoms with van der Waals surface area (Å²) in [5.74, 6) is -2.44. The quantitative estimate of drug-likeness (QED) is 0.718. The van der Waals surface area contributed by atoms with E-state index in [0.29, 0.717) is 0 Å². The topological polar surface area (TPSA) is 93.4 Å². The first kappa shape index (κ1) is 17.1. The van der Waals surface area contributed by atoms with Gasteiger partial charge in [0.2, 0.25) is 5.82 Å². The molecule has 0 unspecified atom stereocenters. The van der Waals surface area contributed by atoms with Crippen LogP contribution in [0.2, 0.25) is 0 Å². The second-order valence-corrected chi connectivity index (χ2v) is 8.14. The lowest BCUT2D eigenvalue weighted by Crippen LogP contribution is -2.44. The number of aromatic nitrogens is 1. The van der Waals surface area contributed by atoms with Crippen molar-refractivity contribution >= 4 is 38.4 Å². The van der Waals surface area contributed by atoms with Crippen molar-refractivity contribution in [3.63, 3.8) is 0 Å². The van der Waals surface area contributed by atoms with E-state index < -0.39 is 31.9 Å². The highest BCUT2D eigenvalue weighted by molar-refractivity contribution is 14.1. The first-order valence-electron chi connectivity index (χ1n) is 5.48. The first-order chi connectivity index (χ1) is 9.00. The van der Waals surface area contributed by atoms with E-state index in [-0.39, 0.29) is 16.5 Å². The molecule has 1 N–H and O–H groups in total. The van der Waals surface area contributed by atoms with Crippen molar-refractivity contribution in [3.8, 4) is 0 Å². The number of aliphatic carboxylic acids is 1. The van der Waals surface area contributed by atoms with Crippen LogP contribution in [0.1, 0.15) is 13.3 Å². The molecule has 1 aromatic rings. The lowest BCUT2D eigenvalue weighted by atomic mass is 10.1. The minimum absolute atomic E-state index is 0.146. The van der Waals surface area contributed by atoms with Crippen molar-refractivity contribution in [1.82, 2.24) is 4.57 Å². The molecular weight excluding hydrogens is 404 g/mol. The Hall–Kier alpha value is -0.970. The number of sulfone groups is 1. The Kier molecular flexibility index (Phi) is 4.95. The largest absolute Gasteiger partial charge is 0.480 e. The SMILES string of the molecule is C[C@@](CCn1ccc(I)c(F)c1=O)(C(=O)O)S(C)(=O)=O. The maximum atomic E-state index is 13.4. The second kappa shape index (κ2) is 5.80. The van der Waals surface area contributed by atoms with Gasteiger partial charge >= 0.3 is 5.97 Å². The Morgan fingerprint density at radius 3 is 2.55 bits per heavy atom. The summed E-state index contributed by atoms with van der Waals surface area (Å²) in [7, 11) is -3.88. The molecule has 20 heavy (non-hydrogen) atoms. The number of hydrogen-bond donors (Lipinski definition) is 1. The number of nitrogens with zero attached hydrogens (tertiary/aromatic N) is 1. The third-order valence-electron chi connectivity index (χ3n) is 3.16. The zero-order valence-corrected chi connectivity index (χ0v) is 13.7. The minimum Gasteiger partial charge on any atom is -0.480 e. The van der Waals surface area contributed by atoms with Gasteiger partial charge in [-0.3, -0.25) is 9.59 Å². The predicted molar refractivity (Wildman–Crippen MR) is 78.9 cm³/mol. The average molecular weight is 417 g/mol. The molecule has 0 spiro atoms. The molecule has 1 heterocycles. The van der Waals surface area contributed by atoms with Crippen LogP contribution in [-0.4, -0.2) is 35.1 Å². The van der Waals surface area contributed by atoms with Crippen LogP contribution >= 0.6 is 22.6 Å². The van der Waals surface area contributed by atoms with Crippen molar-refractivity contribution in [2.45, 2.75) is 24.6 Å². The molecule has 0 saturated heterocycles. The summed E-state index contributed by atoms with van der Waals surface area (Å²) in [5, 5.41) is 9.07. The van der Waals surface area contributed by atoms with Gasteiger partial charge in [0, 0.05) is 19.0 Å². The van der Waals surface area contributed by atoms with Crippen molar-refractivity contribution in [1.29, 1.82) is 0 Å². The maximum absolute atomic E-state index is 13.4. The first-order valence-corrected chi connectivity index (χ1v) is 8.45. The highest BCUT2D eigenvalue weighted by Gasteiger charge is 2.43. The molecule has 1 aromatic heterocycles. The standard InChI is InChI=1S/C11H13FINO5S/c1-11(10(16)17,20(2,18)19)4-6-14-5-3-7(13)8(12)9(14)15/h3,5H,4,6H2,1-2H3,(H,16,17)/t11-/m1/s1. The van der Waals surface area contributed by atoms with Gasteiger partial charge in [-0.05, 0) is 42.0 Å². The molecule has 0 radical (unpaired) electrons. The summed E-state index contributed by atoms with van der Waals surface area (Å²) in [4.78, 5) is 22.8. The third-order valence-corrected chi connectivity index (χ3v) is 6.01. The Morgan fingerprint density at radius 2 is 2.10 bits per heavy atom. The maximum Gasteiger partial charge on any atom is 0.324 e. The van der Waals surface area contributed by atoms with E-state index in [1.165, 1.54) is 12.3 Å². The number of carboxylic acids is 1. The van der Waals surface area contributed by atoms with Gasteiger partial charge in [-0.15, -0.1) is 0 Å². The number of carbonyl (C=O) groups is 1. The van der Waals surface area contributed by atoms with Crippen LogP contribution in [0.5, 0.6) is 0 Å². The van der Waals surface area contributed by atoms with Crippen LogP contribution in [0.3, 0.4) is 0 Å². The van der Waals surface area contributed by atoms with Crippen molar-refractivity contribution in [2.75, 3.05) is 6.26 Å². The van der Waals surface area contributed by atoms with E-state index in [9.17, 15) is 22.4 Å². The zero-order valence-electron chi connectivity index (χ0n) is 10.8.